The van der Waals surface area contributed by atoms with Crippen LogP contribution in [0.15, 0.2) is 54.5 Å². The zero-order chi connectivity index (χ0) is 24.6. The highest BCUT2D eigenvalue weighted by Crippen LogP contribution is 2.34. The smallest absolute Gasteiger partial charge is 0.250 e. The first-order chi connectivity index (χ1) is 16.1. The van der Waals surface area contributed by atoms with Gasteiger partial charge >= 0.3 is 0 Å². The van der Waals surface area contributed by atoms with Gasteiger partial charge in [0.1, 0.15) is 5.82 Å². The number of aliphatic hydroxyl groups excluding tert-OH is 1. The predicted molar refractivity (Wildman–Crippen MR) is 123 cm³/mol. The summed E-state index contributed by atoms with van der Waals surface area (Å²) in [6.07, 6.45) is 4.35. The number of amides is 1. The van der Waals surface area contributed by atoms with Crippen molar-refractivity contribution >= 4 is 12.0 Å². The molecule has 178 valence electrons. The molecular weight excluding hydrogens is 443 g/mol. The molecule has 0 bridgehead atoms. The summed E-state index contributed by atoms with van der Waals surface area (Å²) in [5.41, 5.74) is 2.40. The van der Waals surface area contributed by atoms with E-state index < -0.39 is 29.6 Å². The molecule has 1 amide bonds. The molecule has 5 nitrogen and oxygen atoms in total. The molecular formula is C26H26F3N3O2. The highest BCUT2D eigenvalue weighted by atomic mass is 19.2. The van der Waals surface area contributed by atoms with Crippen LogP contribution in [0.5, 0.6) is 0 Å². The standard InChI is InChI=1S/C26H26F3N3O2/c1-15-8-20(9-18-4-7-24(23(29)10-18)31-13-16(2)30-14-31)26(34)32(12-15)25(17(3)33)19-5-6-21(27)22(28)11-19/h4-7,9-11,13-15,17,25,33H,8,12H2,1-3H3/t15?,17-,25+/m1/s1. The summed E-state index contributed by atoms with van der Waals surface area (Å²) >= 11 is 0. The number of halogens is 3. The minimum Gasteiger partial charge on any atom is -0.391 e. The Balaban J connectivity index is 1.66. The van der Waals surface area contributed by atoms with Gasteiger partial charge in [-0.25, -0.2) is 18.2 Å². The Morgan fingerprint density at radius 3 is 2.50 bits per heavy atom. The molecule has 1 aliphatic rings. The summed E-state index contributed by atoms with van der Waals surface area (Å²) in [6, 6.07) is 7.22. The van der Waals surface area contributed by atoms with Crippen LogP contribution in [0.2, 0.25) is 0 Å². The molecule has 8 heteroatoms. The Hall–Kier alpha value is -3.39. The van der Waals surface area contributed by atoms with Crippen molar-refractivity contribution in [2.75, 3.05) is 6.54 Å². The van der Waals surface area contributed by atoms with Crippen LogP contribution in [0.25, 0.3) is 11.8 Å². The number of imidazole rings is 1. The van der Waals surface area contributed by atoms with E-state index in [1.807, 2.05) is 13.8 Å². The van der Waals surface area contributed by atoms with E-state index >= 15 is 0 Å². The van der Waals surface area contributed by atoms with Crippen molar-refractivity contribution in [1.29, 1.82) is 0 Å². The molecule has 1 fully saturated rings. The largest absolute Gasteiger partial charge is 0.391 e. The quantitative estimate of drug-likeness (QED) is 0.537. The monoisotopic (exact) mass is 469 g/mol. The number of hydrogen-bond acceptors (Lipinski definition) is 3. The van der Waals surface area contributed by atoms with Gasteiger partial charge in [0.15, 0.2) is 11.6 Å². The second-order valence-electron chi connectivity index (χ2n) is 8.93. The van der Waals surface area contributed by atoms with Crippen LogP contribution in [-0.4, -0.2) is 38.1 Å². The van der Waals surface area contributed by atoms with Gasteiger partial charge in [-0.3, -0.25) is 4.79 Å². The predicted octanol–water partition coefficient (Wildman–Crippen LogP) is 4.97. The number of piperidine rings is 1. The van der Waals surface area contributed by atoms with Gasteiger partial charge in [-0.2, -0.15) is 0 Å². The molecule has 1 unspecified atom stereocenters. The molecule has 1 N–H and O–H groups in total. The number of aryl methyl sites for hydroxylation is 1. The van der Waals surface area contributed by atoms with Gasteiger partial charge in [0.25, 0.3) is 0 Å². The second-order valence-corrected chi connectivity index (χ2v) is 8.93. The molecule has 2 heterocycles. The third kappa shape index (κ3) is 4.77. The minimum absolute atomic E-state index is 0.0496. The summed E-state index contributed by atoms with van der Waals surface area (Å²) in [7, 11) is 0. The Morgan fingerprint density at radius 1 is 1.12 bits per heavy atom. The first-order valence-electron chi connectivity index (χ1n) is 11.1. The average molecular weight is 470 g/mol. The lowest BCUT2D eigenvalue weighted by atomic mass is 9.89. The molecule has 3 aromatic rings. The van der Waals surface area contributed by atoms with Crippen molar-refractivity contribution in [1.82, 2.24) is 14.5 Å². The first-order valence-corrected chi connectivity index (χ1v) is 11.1. The van der Waals surface area contributed by atoms with E-state index in [1.165, 1.54) is 30.3 Å². The van der Waals surface area contributed by atoms with Gasteiger partial charge in [-0.1, -0.05) is 19.1 Å². The van der Waals surface area contributed by atoms with E-state index in [9.17, 15) is 23.1 Å². The second kappa shape index (κ2) is 9.46. The number of likely N-dealkylation sites (tertiary alicyclic amines) is 1. The lowest BCUT2D eigenvalue weighted by Crippen LogP contribution is -2.46. The molecule has 1 aromatic heterocycles. The van der Waals surface area contributed by atoms with Gasteiger partial charge in [0.05, 0.1) is 29.9 Å². The summed E-state index contributed by atoms with van der Waals surface area (Å²) in [6.45, 7) is 5.63. The Morgan fingerprint density at radius 2 is 1.88 bits per heavy atom. The number of rotatable bonds is 5. The van der Waals surface area contributed by atoms with Crippen LogP contribution in [0.3, 0.4) is 0 Å². The fourth-order valence-corrected chi connectivity index (χ4v) is 4.48. The number of nitrogens with zero attached hydrogens (tertiary/aromatic N) is 3. The van der Waals surface area contributed by atoms with Gasteiger partial charge in [-0.05, 0) is 67.7 Å². The van der Waals surface area contributed by atoms with E-state index in [0.29, 0.717) is 35.4 Å². The van der Waals surface area contributed by atoms with Gasteiger partial charge in [0.2, 0.25) is 5.91 Å². The molecule has 0 saturated carbocycles. The lowest BCUT2D eigenvalue weighted by Gasteiger charge is -2.40. The molecule has 34 heavy (non-hydrogen) atoms. The molecule has 4 rings (SSSR count). The van der Waals surface area contributed by atoms with E-state index in [-0.39, 0.29) is 11.8 Å². The van der Waals surface area contributed by atoms with Crippen LogP contribution in [-0.2, 0) is 4.79 Å². The van der Waals surface area contributed by atoms with E-state index in [1.54, 1.807) is 29.0 Å². The van der Waals surface area contributed by atoms with Crippen LogP contribution >= 0.6 is 0 Å². The molecule has 0 spiro atoms. The number of carbonyl (C=O) groups is 1. The summed E-state index contributed by atoms with van der Waals surface area (Å²) < 4.78 is 43.7. The van der Waals surface area contributed by atoms with Crippen LogP contribution in [0.1, 0.15) is 43.1 Å². The molecule has 3 atom stereocenters. The summed E-state index contributed by atoms with van der Waals surface area (Å²) in [5, 5.41) is 10.4. The zero-order valence-corrected chi connectivity index (χ0v) is 19.2. The van der Waals surface area contributed by atoms with Crippen molar-refractivity contribution in [3.63, 3.8) is 0 Å². The fourth-order valence-electron chi connectivity index (χ4n) is 4.48. The number of aromatic nitrogens is 2. The van der Waals surface area contributed by atoms with Crippen LogP contribution in [0, 0.1) is 30.3 Å². The van der Waals surface area contributed by atoms with Gasteiger partial charge in [-0.15, -0.1) is 0 Å². The highest BCUT2D eigenvalue weighted by molar-refractivity contribution is 5.99. The van der Waals surface area contributed by atoms with Crippen molar-refractivity contribution in [3.8, 4) is 5.69 Å². The van der Waals surface area contributed by atoms with Crippen LogP contribution < -0.4 is 0 Å². The average Bonchev–Trinajstić information content (AvgIpc) is 3.19. The molecule has 1 aliphatic heterocycles. The SMILES string of the molecule is Cc1cn(-c2ccc(C=C3CC(C)CN([C@H](c4ccc(F)c(F)c4)[C@@H](C)O)C3=O)cc2F)cn1. The number of aliphatic hydroxyl groups is 1. The maximum atomic E-state index is 14.8. The Kier molecular flexibility index (Phi) is 6.61. The third-order valence-electron chi connectivity index (χ3n) is 5.99. The summed E-state index contributed by atoms with van der Waals surface area (Å²) in [5.74, 6) is -2.77. The maximum Gasteiger partial charge on any atom is 0.250 e. The van der Waals surface area contributed by atoms with Crippen molar-refractivity contribution in [2.24, 2.45) is 5.92 Å². The molecule has 1 saturated heterocycles. The Bertz CT molecular complexity index is 1250. The fraction of sp³-hybridized carbons (Fsp3) is 0.308. The maximum absolute atomic E-state index is 14.8. The number of benzene rings is 2. The number of carbonyl (C=O) groups excluding carboxylic acids is 1. The van der Waals surface area contributed by atoms with Crippen LogP contribution in [0.4, 0.5) is 13.2 Å². The topological polar surface area (TPSA) is 58.4 Å². The Labute approximate surface area is 196 Å². The zero-order valence-electron chi connectivity index (χ0n) is 19.2. The number of hydrogen-bond donors (Lipinski definition) is 1. The molecule has 0 aliphatic carbocycles. The normalized spacial score (nSPS) is 19.5. The van der Waals surface area contributed by atoms with E-state index in [0.717, 1.165) is 17.8 Å². The first kappa shape index (κ1) is 23.8. The lowest BCUT2D eigenvalue weighted by molar-refractivity contribution is -0.135. The van der Waals surface area contributed by atoms with Gasteiger partial charge < -0.3 is 14.6 Å². The van der Waals surface area contributed by atoms with Crippen molar-refractivity contribution in [2.45, 2.75) is 39.3 Å². The molecule has 0 radical (unpaired) electrons. The van der Waals surface area contributed by atoms with E-state index in [4.69, 9.17) is 0 Å². The van der Waals surface area contributed by atoms with E-state index in [2.05, 4.69) is 4.98 Å². The third-order valence-corrected chi connectivity index (χ3v) is 5.99. The van der Waals surface area contributed by atoms with Gasteiger partial charge in [0, 0.05) is 18.3 Å². The minimum atomic E-state index is -1.04. The summed E-state index contributed by atoms with van der Waals surface area (Å²) in [4.78, 5) is 19.0. The molecule has 2 aromatic carbocycles. The highest BCUT2D eigenvalue weighted by Gasteiger charge is 2.36. The van der Waals surface area contributed by atoms with Crippen molar-refractivity contribution in [3.05, 3.63) is 88.8 Å². The van der Waals surface area contributed by atoms with Crippen molar-refractivity contribution < 1.29 is 23.1 Å².